The number of rotatable bonds is 6. The second-order valence-electron chi connectivity index (χ2n) is 3.31. The maximum absolute atomic E-state index is 11.7. The molecule has 0 aliphatic carbocycles. The van der Waals surface area contributed by atoms with E-state index in [-0.39, 0.29) is 12.4 Å². The van der Waals surface area contributed by atoms with Crippen molar-refractivity contribution < 1.29 is 9.53 Å². The summed E-state index contributed by atoms with van der Waals surface area (Å²) in [6, 6.07) is 7.40. The summed E-state index contributed by atoms with van der Waals surface area (Å²) in [5, 5.41) is 0. The third-order valence-electron chi connectivity index (χ3n) is 2.05. The van der Waals surface area contributed by atoms with Gasteiger partial charge in [0.1, 0.15) is 6.61 Å². The Morgan fingerprint density at radius 1 is 1.40 bits per heavy atom. The molecule has 0 aromatic heterocycles. The molecular weight excluding hydrogens is 256 g/mol. The van der Waals surface area contributed by atoms with Gasteiger partial charge in [0.2, 0.25) is 0 Å². The van der Waals surface area contributed by atoms with Crippen molar-refractivity contribution in [1.29, 1.82) is 0 Å². The SMILES string of the molecule is CCCCOCC(=O)c1ccccc1Br. The van der Waals surface area contributed by atoms with Crippen LogP contribution in [0.2, 0.25) is 0 Å². The number of ketones is 1. The van der Waals surface area contributed by atoms with Gasteiger partial charge in [0.25, 0.3) is 0 Å². The molecule has 0 amide bonds. The minimum atomic E-state index is 0.0265. The number of benzene rings is 1. The van der Waals surface area contributed by atoms with E-state index in [9.17, 15) is 4.79 Å². The number of carbonyl (C=O) groups is 1. The maximum atomic E-state index is 11.7. The fraction of sp³-hybridized carbons (Fsp3) is 0.417. The zero-order valence-corrected chi connectivity index (χ0v) is 10.4. The second-order valence-corrected chi connectivity index (χ2v) is 4.16. The molecule has 1 aromatic rings. The molecule has 0 heterocycles. The van der Waals surface area contributed by atoms with Gasteiger partial charge in [0.15, 0.2) is 5.78 Å². The molecule has 0 saturated carbocycles. The molecule has 0 N–H and O–H groups in total. The Bertz CT molecular complexity index is 323. The zero-order valence-electron chi connectivity index (χ0n) is 8.83. The van der Waals surface area contributed by atoms with E-state index in [1.54, 1.807) is 6.07 Å². The number of unbranched alkanes of at least 4 members (excludes halogenated alkanes) is 1. The van der Waals surface area contributed by atoms with Gasteiger partial charge in [-0.1, -0.05) is 47.5 Å². The van der Waals surface area contributed by atoms with Crippen molar-refractivity contribution in [3.05, 3.63) is 34.3 Å². The van der Waals surface area contributed by atoms with Crippen molar-refractivity contribution in [3.63, 3.8) is 0 Å². The molecule has 3 heteroatoms. The predicted molar refractivity (Wildman–Crippen MR) is 64.2 cm³/mol. The molecule has 0 aliphatic rings. The predicted octanol–water partition coefficient (Wildman–Crippen LogP) is 3.45. The van der Waals surface area contributed by atoms with Crippen LogP contribution in [0.25, 0.3) is 0 Å². The van der Waals surface area contributed by atoms with Crippen LogP contribution in [-0.2, 0) is 4.74 Å². The summed E-state index contributed by atoms with van der Waals surface area (Å²) < 4.78 is 6.10. The Hall–Kier alpha value is -0.670. The van der Waals surface area contributed by atoms with Crippen molar-refractivity contribution in [2.45, 2.75) is 19.8 Å². The van der Waals surface area contributed by atoms with Crippen LogP contribution in [0, 0.1) is 0 Å². The van der Waals surface area contributed by atoms with Crippen molar-refractivity contribution in [1.82, 2.24) is 0 Å². The van der Waals surface area contributed by atoms with Crippen molar-refractivity contribution in [2.75, 3.05) is 13.2 Å². The zero-order chi connectivity index (χ0) is 11.1. The summed E-state index contributed by atoms with van der Waals surface area (Å²) >= 11 is 3.34. The van der Waals surface area contributed by atoms with Crippen LogP contribution in [-0.4, -0.2) is 19.0 Å². The quantitative estimate of drug-likeness (QED) is 0.585. The Morgan fingerprint density at radius 2 is 2.13 bits per heavy atom. The Kier molecular flexibility index (Phi) is 5.58. The van der Waals surface area contributed by atoms with Gasteiger partial charge in [-0.2, -0.15) is 0 Å². The van der Waals surface area contributed by atoms with Crippen molar-refractivity contribution in [3.8, 4) is 0 Å². The third-order valence-corrected chi connectivity index (χ3v) is 2.74. The molecule has 2 nitrogen and oxygen atoms in total. The molecule has 0 unspecified atom stereocenters. The van der Waals surface area contributed by atoms with E-state index in [4.69, 9.17) is 4.74 Å². The highest BCUT2D eigenvalue weighted by Crippen LogP contribution is 2.16. The smallest absolute Gasteiger partial charge is 0.189 e. The number of halogens is 1. The van der Waals surface area contributed by atoms with E-state index >= 15 is 0 Å². The number of ether oxygens (including phenoxy) is 1. The second kappa shape index (κ2) is 6.75. The number of Topliss-reactive ketones (excluding diaryl/α,β-unsaturated/α-hetero) is 1. The summed E-state index contributed by atoms with van der Waals surface area (Å²) in [5.41, 5.74) is 0.689. The monoisotopic (exact) mass is 270 g/mol. The van der Waals surface area contributed by atoms with Gasteiger partial charge in [-0.25, -0.2) is 0 Å². The van der Waals surface area contributed by atoms with Crippen molar-refractivity contribution >= 4 is 21.7 Å². The molecular formula is C12H15BrO2. The minimum absolute atomic E-state index is 0.0265. The Morgan fingerprint density at radius 3 is 2.80 bits per heavy atom. The molecule has 0 atom stereocenters. The molecule has 15 heavy (non-hydrogen) atoms. The number of hydrogen-bond donors (Lipinski definition) is 0. The molecule has 0 bridgehead atoms. The minimum Gasteiger partial charge on any atom is -0.373 e. The van der Waals surface area contributed by atoms with E-state index in [1.165, 1.54) is 0 Å². The molecule has 0 aliphatic heterocycles. The number of carbonyl (C=O) groups excluding carboxylic acids is 1. The average Bonchev–Trinajstić information content (AvgIpc) is 2.25. The van der Waals surface area contributed by atoms with Gasteiger partial charge in [-0.3, -0.25) is 4.79 Å². The van der Waals surface area contributed by atoms with E-state index in [1.807, 2.05) is 18.2 Å². The average molecular weight is 271 g/mol. The lowest BCUT2D eigenvalue weighted by atomic mass is 10.1. The maximum Gasteiger partial charge on any atom is 0.189 e. The summed E-state index contributed by atoms with van der Waals surface area (Å²) in [7, 11) is 0. The Labute approximate surface area is 98.8 Å². The summed E-state index contributed by atoms with van der Waals surface area (Å²) in [4.78, 5) is 11.7. The van der Waals surface area contributed by atoms with E-state index in [0.717, 1.165) is 17.3 Å². The Balaban J connectivity index is 2.44. The van der Waals surface area contributed by atoms with Gasteiger partial charge in [0, 0.05) is 16.6 Å². The van der Waals surface area contributed by atoms with Gasteiger partial charge in [-0.05, 0) is 12.5 Å². The molecule has 82 valence electrons. The van der Waals surface area contributed by atoms with Crippen LogP contribution in [0.4, 0.5) is 0 Å². The molecule has 0 fully saturated rings. The van der Waals surface area contributed by atoms with Gasteiger partial charge in [-0.15, -0.1) is 0 Å². The first-order valence-electron chi connectivity index (χ1n) is 5.11. The summed E-state index contributed by atoms with van der Waals surface area (Å²) in [6.07, 6.45) is 2.09. The van der Waals surface area contributed by atoms with E-state index in [2.05, 4.69) is 22.9 Å². The third kappa shape index (κ3) is 4.14. The van der Waals surface area contributed by atoms with E-state index < -0.39 is 0 Å². The van der Waals surface area contributed by atoms with Crippen LogP contribution in [0.3, 0.4) is 0 Å². The first-order chi connectivity index (χ1) is 7.25. The normalized spacial score (nSPS) is 10.3. The highest BCUT2D eigenvalue weighted by Gasteiger charge is 2.08. The van der Waals surface area contributed by atoms with Crippen LogP contribution < -0.4 is 0 Å². The molecule has 0 spiro atoms. The van der Waals surface area contributed by atoms with Gasteiger partial charge in [0.05, 0.1) is 0 Å². The topological polar surface area (TPSA) is 26.3 Å². The molecule has 1 aromatic carbocycles. The standard InChI is InChI=1S/C12H15BrO2/c1-2-3-8-15-9-12(14)10-6-4-5-7-11(10)13/h4-7H,2-3,8-9H2,1H3. The van der Waals surface area contributed by atoms with Crippen molar-refractivity contribution in [2.24, 2.45) is 0 Å². The van der Waals surface area contributed by atoms with Crippen LogP contribution >= 0.6 is 15.9 Å². The largest absolute Gasteiger partial charge is 0.373 e. The lowest BCUT2D eigenvalue weighted by Gasteiger charge is -2.04. The highest BCUT2D eigenvalue weighted by molar-refractivity contribution is 9.10. The fourth-order valence-corrected chi connectivity index (χ4v) is 1.68. The number of hydrogen-bond acceptors (Lipinski definition) is 2. The van der Waals surface area contributed by atoms with Crippen LogP contribution in [0.15, 0.2) is 28.7 Å². The molecule has 1 rings (SSSR count). The van der Waals surface area contributed by atoms with Gasteiger partial charge >= 0.3 is 0 Å². The summed E-state index contributed by atoms with van der Waals surface area (Å²) in [6.45, 7) is 2.92. The van der Waals surface area contributed by atoms with E-state index in [0.29, 0.717) is 12.2 Å². The summed E-state index contributed by atoms with van der Waals surface area (Å²) in [5.74, 6) is 0.0265. The fourth-order valence-electron chi connectivity index (χ4n) is 1.18. The first-order valence-corrected chi connectivity index (χ1v) is 5.90. The van der Waals surface area contributed by atoms with Gasteiger partial charge < -0.3 is 4.74 Å². The molecule has 0 saturated heterocycles. The first kappa shape index (κ1) is 12.4. The lowest BCUT2D eigenvalue weighted by molar-refractivity contribution is 0.0754. The molecule has 0 radical (unpaired) electrons. The van der Waals surface area contributed by atoms with Crippen LogP contribution in [0.5, 0.6) is 0 Å². The lowest BCUT2D eigenvalue weighted by Crippen LogP contribution is -2.10. The van der Waals surface area contributed by atoms with Crippen LogP contribution in [0.1, 0.15) is 30.1 Å². The highest BCUT2D eigenvalue weighted by atomic mass is 79.9.